The fourth-order valence-electron chi connectivity index (χ4n) is 5.79. The van der Waals surface area contributed by atoms with E-state index in [1.54, 1.807) is 11.1 Å². The van der Waals surface area contributed by atoms with E-state index in [4.69, 9.17) is 0 Å². The average Bonchev–Trinajstić information content (AvgIpc) is 2.80. The van der Waals surface area contributed by atoms with Gasteiger partial charge >= 0.3 is 0 Å². The van der Waals surface area contributed by atoms with Gasteiger partial charge in [-0.15, -0.1) is 0 Å². The van der Waals surface area contributed by atoms with E-state index in [1.165, 1.54) is 95.5 Å². The summed E-state index contributed by atoms with van der Waals surface area (Å²) in [5, 5.41) is 9.31. The number of benzene rings is 1. The predicted molar refractivity (Wildman–Crippen MR) is 131 cm³/mol. The fourth-order valence-corrected chi connectivity index (χ4v) is 5.79. The highest BCUT2D eigenvalue weighted by atomic mass is 16.3. The molecule has 3 rings (SSSR count). The molecule has 0 aliphatic heterocycles. The van der Waals surface area contributed by atoms with Crippen LogP contribution in [-0.4, -0.2) is 11.7 Å². The second-order valence-electron chi connectivity index (χ2n) is 10.4. The molecular weight excluding hydrogens is 364 g/mol. The molecule has 1 heteroatoms. The molecule has 1 saturated carbocycles. The monoisotopic (exact) mass is 410 g/mol. The van der Waals surface area contributed by atoms with Gasteiger partial charge < -0.3 is 5.11 Å². The Morgan fingerprint density at radius 3 is 2.27 bits per heavy atom. The van der Waals surface area contributed by atoms with Crippen LogP contribution in [0, 0.1) is 17.8 Å². The summed E-state index contributed by atoms with van der Waals surface area (Å²) in [5.74, 6) is 2.97. The highest BCUT2D eigenvalue weighted by Crippen LogP contribution is 2.39. The molecule has 0 spiro atoms. The number of unbranched alkanes of at least 4 members (excludes halogenated alkanes) is 4. The van der Waals surface area contributed by atoms with Crippen molar-refractivity contribution in [2.75, 3.05) is 6.61 Å². The third kappa shape index (κ3) is 7.26. The highest BCUT2D eigenvalue weighted by molar-refractivity contribution is 5.66. The molecule has 168 valence electrons. The van der Waals surface area contributed by atoms with Crippen molar-refractivity contribution in [2.45, 2.75) is 110 Å². The topological polar surface area (TPSA) is 20.2 Å². The Hall–Kier alpha value is -1.08. The van der Waals surface area contributed by atoms with Crippen LogP contribution in [0.15, 0.2) is 30.3 Å². The summed E-state index contributed by atoms with van der Waals surface area (Å²) < 4.78 is 0. The van der Waals surface area contributed by atoms with Gasteiger partial charge in [-0.2, -0.15) is 0 Å². The maximum absolute atomic E-state index is 9.31. The lowest BCUT2D eigenvalue weighted by Gasteiger charge is -2.30. The Kier molecular flexibility index (Phi) is 9.98. The summed E-state index contributed by atoms with van der Waals surface area (Å²) >= 11 is 0. The van der Waals surface area contributed by atoms with Crippen LogP contribution in [-0.2, 0) is 0 Å². The minimum atomic E-state index is 0.344. The number of hydrogen-bond donors (Lipinski definition) is 1. The molecule has 2 aliphatic carbocycles. The van der Waals surface area contributed by atoms with E-state index in [-0.39, 0.29) is 0 Å². The first-order valence-electron chi connectivity index (χ1n) is 13.1. The number of aliphatic hydroxyl groups is 1. The van der Waals surface area contributed by atoms with Crippen LogP contribution < -0.4 is 0 Å². The summed E-state index contributed by atoms with van der Waals surface area (Å²) in [6.45, 7) is 4.82. The number of rotatable bonds is 11. The average molecular weight is 411 g/mol. The molecule has 1 nitrogen and oxygen atoms in total. The molecule has 0 bridgehead atoms. The Balaban J connectivity index is 1.43. The molecule has 1 N–H and O–H groups in total. The maximum Gasteiger partial charge on any atom is 0.0456 e. The quantitative estimate of drug-likeness (QED) is 0.362. The summed E-state index contributed by atoms with van der Waals surface area (Å²) in [5.41, 5.74) is 4.60. The zero-order valence-corrected chi connectivity index (χ0v) is 19.7. The molecule has 0 amide bonds. The van der Waals surface area contributed by atoms with Gasteiger partial charge in [0.05, 0.1) is 0 Å². The van der Waals surface area contributed by atoms with E-state index in [9.17, 15) is 5.11 Å². The number of aliphatic hydroxyl groups excluding tert-OH is 1. The molecule has 0 aromatic heterocycles. The van der Waals surface area contributed by atoms with Crippen molar-refractivity contribution in [2.24, 2.45) is 17.8 Å². The zero-order chi connectivity index (χ0) is 21.2. The minimum Gasteiger partial charge on any atom is -0.396 e. The first kappa shape index (κ1) is 23.6. The lowest BCUT2D eigenvalue weighted by atomic mass is 9.75. The first-order chi connectivity index (χ1) is 14.7. The molecule has 0 radical (unpaired) electrons. The van der Waals surface area contributed by atoms with E-state index in [2.05, 4.69) is 44.2 Å². The molecular formula is C29H46O. The largest absolute Gasteiger partial charge is 0.396 e. The van der Waals surface area contributed by atoms with Gasteiger partial charge in [0.1, 0.15) is 0 Å². The minimum absolute atomic E-state index is 0.344. The Morgan fingerprint density at radius 1 is 0.900 bits per heavy atom. The van der Waals surface area contributed by atoms with Crippen LogP contribution in [0.25, 0.3) is 5.57 Å². The van der Waals surface area contributed by atoms with Gasteiger partial charge in [-0.3, -0.25) is 0 Å². The second-order valence-corrected chi connectivity index (χ2v) is 10.4. The molecule has 1 fully saturated rings. The Morgan fingerprint density at radius 2 is 1.63 bits per heavy atom. The van der Waals surface area contributed by atoms with Gasteiger partial charge in [-0.1, -0.05) is 82.7 Å². The van der Waals surface area contributed by atoms with Crippen molar-refractivity contribution in [1.82, 2.24) is 0 Å². The highest BCUT2D eigenvalue weighted by Gasteiger charge is 2.23. The van der Waals surface area contributed by atoms with Crippen molar-refractivity contribution >= 4 is 5.57 Å². The molecule has 1 aromatic carbocycles. The first-order valence-corrected chi connectivity index (χ1v) is 13.1. The zero-order valence-electron chi connectivity index (χ0n) is 19.7. The van der Waals surface area contributed by atoms with E-state index < -0.39 is 0 Å². The summed E-state index contributed by atoms with van der Waals surface area (Å²) in [4.78, 5) is 0. The van der Waals surface area contributed by atoms with Gasteiger partial charge in [0.15, 0.2) is 0 Å². The third-order valence-electron chi connectivity index (χ3n) is 7.88. The SMILES string of the molecule is CCCCCCCC1CC=C(c2ccc(C3CCC(CC(C)CO)CC3)cc2)CC1. The van der Waals surface area contributed by atoms with Gasteiger partial charge in [0.25, 0.3) is 0 Å². The van der Waals surface area contributed by atoms with E-state index in [1.807, 2.05) is 0 Å². The van der Waals surface area contributed by atoms with Crippen molar-refractivity contribution < 1.29 is 5.11 Å². The van der Waals surface area contributed by atoms with Crippen LogP contribution in [0.4, 0.5) is 0 Å². The Labute approximate surface area is 186 Å². The predicted octanol–water partition coefficient (Wildman–Crippen LogP) is 8.52. The Bertz CT molecular complexity index is 620. The molecule has 2 unspecified atom stereocenters. The smallest absolute Gasteiger partial charge is 0.0456 e. The molecule has 1 aromatic rings. The molecule has 0 saturated heterocycles. The van der Waals surface area contributed by atoms with E-state index in [0.29, 0.717) is 12.5 Å². The van der Waals surface area contributed by atoms with Crippen molar-refractivity contribution in [1.29, 1.82) is 0 Å². The molecule has 30 heavy (non-hydrogen) atoms. The maximum atomic E-state index is 9.31. The van der Waals surface area contributed by atoms with Crippen molar-refractivity contribution in [3.05, 3.63) is 41.5 Å². The standard InChI is InChI=1S/C29H46O/c1-3-4-5-6-7-8-24-9-13-26(14-10-24)28-17-19-29(20-18-28)27-15-11-25(12-16-27)21-23(2)22-30/h13,17-20,23-25,27,30H,3-12,14-16,21-22H2,1-2H3. The van der Waals surface area contributed by atoms with Gasteiger partial charge in [0.2, 0.25) is 0 Å². The normalized spacial score (nSPS) is 25.7. The molecule has 0 heterocycles. The second kappa shape index (κ2) is 12.7. The number of hydrogen-bond acceptors (Lipinski definition) is 1. The van der Waals surface area contributed by atoms with Gasteiger partial charge in [0, 0.05) is 6.61 Å². The van der Waals surface area contributed by atoms with Crippen LogP contribution in [0.1, 0.15) is 121 Å². The van der Waals surface area contributed by atoms with Gasteiger partial charge in [-0.25, -0.2) is 0 Å². The fraction of sp³-hybridized carbons (Fsp3) is 0.724. The van der Waals surface area contributed by atoms with E-state index >= 15 is 0 Å². The van der Waals surface area contributed by atoms with Crippen molar-refractivity contribution in [3.63, 3.8) is 0 Å². The summed E-state index contributed by atoms with van der Waals surface area (Å²) in [7, 11) is 0. The van der Waals surface area contributed by atoms with Crippen LogP contribution in [0.3, 0.4) is 0 Å². The van der Waals surface area contributed by atoms with Gasteiger partial charge in [-0.05, 0) is 91.7 Å². The van der Waals surface area contributed by atoms with E-state index in [0.717, 1.165) is 17.8 Å². The molecule has 2 atom stereocenters. The lowest BCUT2D eigenvalue weighted by molar-refractivity contribution is 0.192. The number of allylic oxidation sites excluding steroid dienone is 2. The third-order valence-corrected chi connectivity index (χ3v) is 7.88. The van der Waals surface area contributed by atoms with Crippen molar-refractivity contribution in [3.8, 4) is 0 Å². The van der Waals surface area contributed by atoms with Crippen LogP contribution in [0.2, 0.25) is 0 Å². The summed E-state index contributed by atoms with van der Waals surface area (Å²) in [6.07, 6.45) is 21.5. The summed E-state index contributed by atoms with van der Waals surface area (Å²) in [6, 6.07) is 9.62. The lowest BCUT2D eigenvalue weighted by Crippen LogP contribution is -2.17. The van der Waals surface area contributed by atoms with Crippen LogP contribution in [0.5, 0.6) is 0 Å². The van der Waals surface area contributed by atoms with Crippen LogP contribution >= 0.6 is 0 Å². The molecule has 2 aliphatic rings.